The summed E-state index contributed by atoms with van der Waals surface area (Å²) in [4.78, 5) is 46.2. The Morgan fingerprint density at radius 3 is 2.39 bits per heavy atom. The molecule has 13 heteroatoms. The van der Waals surface area contributed by atoms with Crippen molar-refractivity contribution in [3.63, 3.8) is 0 Å². The van der Waals surface area contributed by atoms with Crippen molar-refractivity contribution in [3.8, 4) is 0 Å². The monoisotopic (exact) mass is 557 g/mol. The third-order valence-electron chi connectivity index (χ3n) is 4.72. The lowest BCUT2D eigenvalue weighted by Gasteiger charge is -2.20. The number of hydrogen-bond acceptors (Lipinski definition) is 9. The van der Waals surface area contributed by atoms with Crippen LogP contribution in [-0.4, -0.2) is 54.1 Å². The second-order valence-electron chi connectivity index (χ2n) is 8.08. The van der Waals surface area contributed by atoms with Gasteiger partial charge in [0.1, 0.15) is 25.7 Å². The number of para-hydroxylation sites is 2. The Kier molecular flexibility index (Phi) is 11.4. The van der Waals surface area contributed by atoms with Crippen LogP contribution in [0.2, 0.25) is 10.0 Å². The highest BCUT2D eigenvalue weighted by Crippen LogP contribution is 2.35. The van der Waals surface area contributed by atoms with Gasteiger partial charge < -0.3 is 25.2 Å². The number of carbonyl (C=O) groups excluding carboxylic acids is 2. The molecular formula is C23H25Cl2N3O7S. The van der Waals surface area contributed by atoms with Crippen LogP contribution in [0.25, 0.3) is 0 Å². The number of hydrogen-bond donors (Lipinski definition) is 3. The van der Waals surface area contributed by atoms with Crippen LogP contribution in [0.5, 0.6) is 0 Å². The summed E-state index contributed by atoms with van der Waals surface area (Å²) in [5.41, 5.74) is 1.18. The Labute approximate surface area is 222 Å². The van der Waals surface area contributed by atoms with E-state index in [1.807, 2.05) is 0 Å². The molecule has 0 saturated carbocycles. The van der Waals surface area contributed by atoms with Gasteiger partial charge in [-0.2, -0.15) is 0 Å². The standard InChI is InChI=1S/C23H25Cl2N3O7S/c1-23(2,36-28-33)13-26-19(29)11-34-12-20(30)35-10-15(22(31)32)14-6-3-4-9-18(14)27-21-16(24)7-5-8-17(21)25/h3-9,15,27H,10-13H2,1-2H3,(H,26,29)(H,31,32). The molecule has 0 aromatic heterocycles. The zero-order valence-corrected chi connectivity index (χ0v) is 21.8. The third kappa shape index (κ3) is 9.30. The summed E-state index contributed by atoms with van der Waals surface area (Å²) in [5, 5.41) is 16.1. The Morgan fingerprint density at radius 1 is 1.08 bits per heavy atom. The Balaban J connectivity index is 1.94. The van der Waals surface area contributed by atoms with Gasteiger partial charge in [0.25, 0.3) is 0 Å². The average Bonchev–Trinajstić information content (AvgIpc) is 2.81. The van der Waals surface area contributed by atoms with E-state index in [0.29, 0.717) is 27.0 Å². The Morgan fingerprint density at radius 2 is 1.75 bits per heavy atom. The molecule has 1 amide bonds. The van der Waals surface area contributed by atoms with Crippen molar-refractivity contribution in [2.75, 3.05) is 31.7 Å². The van der Waals surface area contributed by atoms with Crippen LogP contribution in [0.15, 0.2) is 47.0 Å². The molecular weight excluding hydrogens is 533 g/mol. The van der Waals surface area contributed by atoms with Crippen LogP contribution in [0.4, 0.5) is 11.4 Å². The average molecular weight is 558 g/mol. The van der Waals surface area contributed by atoms with E-state index in [2.05, 4.69) is 15.2 Å². The summed E-state index contributed by atoms with van der Waals surface area (Å²) >= 11 is 13.2. The molecule has 36 heavy (non-hydrogen) atoms. The summed E-state index contributed by atoms with van der Waals surface area (Å²) in [6.07, 6.45) is 0. The van der Waals surface area contributed by atoms with Crippen molar-refractivity contribution in [2.24, 2.45) is 4.58 Å². The number of rotatable bonds is 14. The molecule has 0 spiro atoms. The van der Waals surface area contributed by atoms with E-state index in [0.717, 1.165) is 11.9 Å². The van der Waals surface area contributed by atoms with E-state index in [9.17, 15) is 24.4 Å². The molecule has 10 nitrogen and oxygen atoms in total. The van der Waals surface area contributed by atoms with Crippen LogP contribution >= 0.6 is 35.1 Å². The number of nitrogens with zero attached hydrogens (tertiary/aromatic N) is 1. The first-order valence-corrected chi connectivity index (χ1v) is 12.1. The van der Waals surface area contributed by atoms with Gasteiger partial charge in [-0.25, -0.2) is 4.79 Å². The van der Waals surface area contributed by atoms with Gasteiger partial charge in [-0.3, -0.25) is 9.59 Å². The van der Waals surface area contributed by atoms with Crippen molar-refractivity contribution in [3.05, 3.63) is 63.0 Å². The minimum atomic E-state index is -1.21. The number of anilines is 2. The summed E-state index contributed by atoms with van der Waals surface area (Å²) in [6, 6.07) is 11.5. The van der Waals surface area contributed by atoms with E-state index in [1.165, 1.54) is 0 Å². The van der Waals surface area contributed by atoms with Crippen molar-refractivity contribution in [2.45, 2.75) is 24.5 Å². The number of carboxylic acid groups (broad SMARTS) is 1. The van der Waals surface area contributed by atoms with E-state index >= 15 is 0 Å². The lowest BCUT2D eigenvalue weighted by Crippen LogP contribution is -2.38. The zero-order chi connectivity index (χ0) is 26.7. The molecule has 0 bridgehead atoms. The second kappa shape index (κ2) is 14.0. The number of halogens is 2. The highest BCUT2D eigenvalue weighted by molar-refractivity contribution is 7.99. The van der Waals surface area contributed by atoms with E-state index in [4.69, 9.17) is 32.7 Å². The molecule has 0 saturated heterocycles. The van der Waals surface area contributed by atoms with Gasteiger partial charge in [-0.15, -0.1) is 4.91 Å². The molecule has 3 N–H and O–H groups in total. The summed E-state index contributed by atoms with van der Waals surface area (Å²) in [5.74, 6) is -3.75. The first kappa shape index (κ1) is 29.4. The van der Waals surface area contributed by atoms with Crippen LogP contribution in [0.3, 0.4) is 0 Å². The molecule has 1 atom stereocenters. The van der Waals surface area contributed by atoms with Crippen LogP contribution < -0.4 is 10.6 Å². The number of benzene rings is 2. The fourth-order valence-corrected chi connectivity index (χ4v) is 3.73. The molecule has 0 aliphatic rings. The quantitative estimate of drug-likeness (QED) is 0.170. The maximum Gasteiger partial charge on any atom is 0.332 e. The lowest BCUT2D eigenvalue weighted by molar-refractivity contribution is -0.152. The second-order valence-corrected chi connectivity index (χ2v) is 10.3. The topological polar surface area (TPSA) is 143 Å². The first-order chi connectivity index (χ1) is 17.0. The van der Waals surface area contributed by atoms with Gasteiger partial charge in [-0.1, -0.05) is 47.5 Å². The highest BCUT2D eigenvalue weighted by atomic mass is 35.5. The third-order valence-corrected chi connectivity index (χ3v) is 6.06. The zero-order valence-electron chi connectivity index (χ0n) is 19.5. The minimum absolute atomic E-state index is 0.170. The molecule has 2 rings (SSSR count). The normalized spacial score (nSPS) is 11.9. The van der Waals surface area contributed by atoms with E-state index in [1.54, 1.807) is 56.3 Å². The number of aliphatic carboxylic acids is 1. The maximum atomic E-state index is 12.1. The largest absolute Gasteiger partial charge is 0.481 e. The lowest BCUT2D eigenvalue weighted by atomic mass is 9.98. The summed E-state index contributed by atoms with van der Waals surface area (Å²) < 4.78 is 12.3. The van der Waals surface area contributed by atoms with Gasteiger partial charge in [0.2, 0.25) is 5.91 Å². The number of nitrogens with one attached hydrogen (secondary N) is 2. The fourth-order valence-electron chi connectivity index (χ4n) is 2.90. The van der Waals surface area contributed by atoms with Gasteiger partial charge >= 0.3 is 11.9 Å². The number of amides is 1. The van der Waals surface area contributed by atoms with Gasteiger partial charge in [0.05, 0.1) is 20.5 Å². The maximum absolute atomic E-state index is 12.1. The van der Waals surface area contributed by atoms with Crippen molar-refractivity contribution < 1.29 is 29.0 Å². The molecule has 194 valence electrons. The molecule has 0 radical (unpaired) electrons. The predicted octanol–water partition coefficient (Wildman–Crippen LogP) is 4.77. The van der Waals surface area contributed by atoms with Crippen LogP contribution in [0, 0.1) is 4.91 Å². The number of nitroso groups, excluding NO2 is 1. The van der Waals surface area contributed by atoms with Crippen molar-refractivity contribution in [1.82, 2.24) is 5.32 Å². The Bertz CT molecular complexity index is 1080. The number of ether oxygens (including phenoxy) is 2. The van der Waals surface area contributed by atoms with Crippen molar-refractivity contribution in [1.29, 1.82) is 0 Å². The highest BCUT2D eigenvalue weighted by Gasteiger charge is 2.25. The molecule has 0 aliphatic carbocycles. The fraction of sp³-hybridized carbons (Fsp3) is 0.348. The van der Waals surface area contributed by atoms with Crippen LogP contribution in [-0.2, 0) is 23.9 Å². The van der Waals surface area contributed by atoms with Gasteiger partial charge in [-0.05, 0) is 37.6 Å². The molecule has 2 aromatic rings. The number of esters is 1. The molecule has 0 fully saturated rings. The van der Waals surface area contributed by atoms with Crippen molar-refractivity contribution >= 4 is 64.4 Å². The number of carboxylic acids is 1. The predicted molar refractivity (Wildman–Crippen MR) is 139 cm³/mol. The molecule has 0 heterocycles. The SMILES string of the molecule is CC(C)(CNC(=O)COCC(=O)OCC(C(=O)O)c1ccccc1Nc1c(Cl)cccc1Cl)SN=O. The van der Waals surface area contributed by atoms with Gasteiger partial charge in [0.15, 0.2) is 0 Å². The van der Waals surface area contributed by atoms with Gasteiger partial charge in [0, 0.05) is 28.8 Å². The molecule has 2 aromatic carbocycles. The smallest absolute Gasteiger partial charge is 0.332 e. The Hall–Kier alpha value is -2.86. The summed E-state index contributed by atoms with van der Waals surface area (Å²) in [7, 11) is 0. The summed E-state index contributed by atoms with van der Waals surface area (Å²) in [6.45, 7) is 2.19. The minimum Gasteiger partial charge on any atom is -0.481 e. The first-order valence-electron chi connectivity index (χ1n) is 10.6. The molecule has 0 aliphatic heterocycles. The van der Waals surface area contributed by atoms with E-state index in [-0.39, 0.29) is 6.54 Å². The van der Waals surface area contributed by atoms with Crippen LogP contribution in [0.1, 0.15) is 25.3 Å². The number of carbonyl (C=O) groups is 3. The van der Waals surface area contributed by atoms with E-state index < -0.39 is 48.3 Å². The molecule has 1 unspecified atom stereocenters.